The molecular weight excluding hydrogens is 256 g/mol. The van der Waals surface area contributed by atoms with Crippen LogP contribution in [0.1, 0.15) is 16.1 Å². The van der Waals surface area contributed by atoms with Gasteiger partial charge in [0.15, 0.2) is 5.78 Å². The third-order valence-corrected chi connectivity index (χ3v) is 2.39. The quantitative estimate of drug-likeness (QED) is 0.776. The van der Waals surface area contributed by atoms with Crippen molar-refractivity contribution in [2.45, 2.75) is 13.0 Å². The molecule has 100 valence electrons. The molecule has 0 saturated heterocycles. The lowest BCUT2D eigenvalue weighted by Gasteiger charge is -2.04. The van der Waals surface area contributed by atoms with E-state index in [9.17, 15) is 13.6 Å². The van der Waals surface area contributed by atoms with Crippen molar-refractivity contribution >= 4 is 5.78 Å². The van der Waals surface area contributed by atoms with Gasteiger partial charge in [-0.25, -0.2) is 0 Å². The van der Waals surface area contributed by atoms with E-state index in [0.29, 0.717) is 11.3 Å². The average Bonchev–Trinajstić information content (AvgIpc) is 2.75. The number of rotatable bonds is 5. The van der Waals surface area contributed by atoms with Gasteiger partial charge < -0.3 is 4.74 Å². The number of hydrogen-bond donors (Lipinski definition) is 0. The number of ketones is 1. The maximum absolute atomic E-state index is 12.0. The summed E-state index contributed by atoms with van der Waals surface area (Å²) in [6.45, 7) is -2.87. The summed E-state index contributed by atoms with van der Waals surface area (Å²) < 4.78 is 29.6. The molecule has 5 nitrogen and oxygen atoms in total. The summed E-state index contributed by atoms with van der Waals surface area (Å²) in [4.78, 5) is 11.9. The van der Waals surface area contributed by atoms with Crippen LogP contribution in [0, 0.1) is 0 Å². The Labute approximate surface area is 107 Å². The minimum Gasteiger partial charge on any atom is -0.435 e. The Morgan fingerprint density at radius 1 is 1.37 bits per heavy atom. The van der Waals surface area contributed by atoms with Crippen LogP contribution >= 0.6 is 0 Å². The van der Waals surface area contributed by atoms with Crippen molar-refractivity contribution in [1.29, 1.82) is 0 Å². The van der Waals surface area contributed by atoms with Gasteiger partial charge in [-0.15, -0.1) is 5.10 Å². The first-order valence-corrected chi connectivity index (χ1v) is 5.48. The van der Waals surface area contributed by atoms with Gasteiger partial charge in [0, 0.05) is 18.8 Å². The van der Waals surface area contributed by atoms with Crippen molar-refractivity contribution in [2.24, 2.45) is 7.05 Å². The smallest absolute Gasteiger partial charge is 0.387 e. The standard InChI is InChI=1S/C12H11F2N3O2/c1-17-7-9(15-16-17)6-11(18)8-2-4-10(5-3-8)19-12(13)14/h2-5,7,12H,6H2,1H3. The summed E-state index contributed by atoms with van der Waals surface area (Å²) in [6, 6.07) is 5.54. The molecule has 7 heteroatoms. The highest BCUT2D eigenvalue weighted by Crippen LogP contribution is 2.16. The number of benzene rings is 1. The summed E-state index contributed by atoms with van der Waals surface area (Å²) in [5.41, 5.74) is 0.965. The molecule has 2 aromatic rings. The number of aromatic nitrogens is 3. The third kappa shape index (κ3) is 3.57. The summed E-state index contributed by atoms with van der Waals surface area (Å²) >= 11 is 0. The second-order valence-corrected chi connectivity index (χ2v) is 3.89. The van der Waals surface area contributed by atoms with Gasteiger partial charge in [-0.3, -0.25) is 9.48 Å². The normalized spacial score (nSPS) is 10.7. The fourth-order valence-electron chi connectivity index (χ4n) is 1.57. The summed E-state index contributed by atoms with van der Waals surface area (Å²) in [5.74, 6) is -0.143. The van der Waals surface area contributed by atoms with Crippen LogP contribution in [0.5, 0.6) is 5.75 Å². The van der Waals surface area contributed by atoms with Gasteiger partial charge in [0.2, 0.25) is 0 Å². The predicted molar refractivity (Wildman–Crippen MR) is 62.1 cm³/mol. The van der Waals surface area contributed by atoms with Crippen molar-refractivity contribution in [3.05, 3.63) is 41.7 Å². The maximum Gasteiger partial charge on any atom is 0.387 e. The molecule has 0 aliphatic heterocycles. The highest BCUT2D eigenvalue weighted by molar-refractivity contribution is 5.97. The Morgan fingerprint density at radius 2 is 2.05 bits per heavy atom. The van der Waals surface area contributed by atoms with Crippen molar-refractivity contribution in [3.8, 4) is 5.75 Å². The van der Waals surface area contributed by atoms with Crippen LogP contribution in [0.4, 0.5) is 8.78 Å². The summed E-state index contributed by atoms with van der Waals surface area (Å²) in [7, 11) is 1.71. The van der Waals surface area contributed by atoms with E-state index >= 15 is 0 Å². The number of carbonyl (C=O) groups excluding carboxylic acids is 1. The topological polar surface area (TPSA) is 57.0 Å². The average molecular weight is 267 g/mol. The van der Waals surface area contributed by atoms with Gasteiger partial charge in [-0.2, -0.15) is 8.78 Å². The molecular formula is C12H11F2N3O2. The lowest BCUT2D eigenvalue weighted by atomic mass is 10.1. The fourth-order valence-corrected chi connectivity index (χ4v) is 1.57. The molecule has 0 N–H and O–H groups in total. The Morgan fingerprint density at radius 3 is 2.58 bits per heavy atom. The van der Waals surface area contributed by atoms with E-state index in [1.165, 1.54) is 28.9 Å². The van der Waals surface area contributed by atoms with Crippen LogP contribution in [0.2, 0.25) is 0 Å². The maximum atomic E-state index is 12.0. The van der Waals surface area contributed by atoms with Gasteiger partial charge in [0.25, 0.3) is 0 Å². The molecule has 0 saturated carbocycles. The number of Topliss-reactive ketones (excluding diaryl/α,β-unsaturated/α-hetero) is 1. The second kappa shape index (κ2) is 5.55. The minimum atomic E-state index is -2.87. The number of carbonyl (C=O) groups is 1. The largest absolute Gasteiger partial charge is 0.435 e. The van der Waals surface area contributed by atoms with Crippen molar-refractivity contribution < 1.29 is 18.3 Å². The second-order valence-electron chi connectivity index (χ2n) is 3.89. The Bertz CT molecular complexity index is 567. The van der Waals surface area contributed by atoms with E-state index < -0.39 is 6.61 Å². The molecule has 0 bridgehead atoms. The molecule has 0 spiro atoms. The first kappa shape index (κ1) is 13.1. The molecule has 19 heavy (non-hydrogen) atoms. The minimum absolute atomic E-state index is 0.0195. The number of alkyl halides is 2. The van der Waals surface area contributed by atoms with E-state index in [-0.39, 0.29) is 18.0 Å². The number of halogens is 2. The van der Waals surface area contributed by atoms with Crippen LogP contribution < -0.4 is 4.74 Å². The van der Waals surface area contributed by atoms with Crippen LogP contribution in [0.15, 0.2) is 30.5 Å². The molecule has 0 aliphatic rings. The van der Waals surface area contributed by atoms with Gasteiger partial charge >= 0.3 is 6.61 Å². The van der Waals surface area contributed by atoms with Crippen LogP contribution in [-0.2, 0) is 13.5 Å². The predicted octanol–water partition coefficient (Wildman–Crippen LogP) is 1.84. The Hall–Kier alpha value is -2.31. The third-order valence-electron chi connectivity index (χ3n) is 2.39. The van der Waals surface area contributed by atoms with E-state index in [1.54, 1.807) is 13.2 Å². The SMILES string of the molecule is Cn1cc(CC(=O)c2ccc(OC(F)F)cc2)nn1. The van der Waals surface area contributed by atoms with Gasteiger partial charge in [-0.1, -0.05) is 5.21 Å². The number of hydrogen-bond acceptors (Lipinski definition) is 4. The Balaban J connectivity index is 2.03. The van der Waals surface area contributed by atoms with Gasteiger partial charge in [-0.05, 0) is 24.3 Å². The number of nitrogens with zero attached hydrogens (tertiary/aromatic N) is 3. The lowest BCUT2D eigenvalue weighted by molar-refractivity contribution is -0.0498. The van der Waals surface area contributed by atoms with E-state index in [1.807, 2.05) is 0 Å². The highest BCUT2D eigenvalue weighted by atomic mass is 19.3. The monoisotopic (exact) mass is 267 g/mol. The number of ether oxygens (including phenoxy) is 1. The molecule has 0 aliphatic carbocycles. The first-order valence-electron chi connectivity index (χ1n) is 5.48. The zero-order valence-corrected chi connectivity index (χ0v) is 10.1. The Kier molecular flexibility index (Phi) is 3.84. The molecule has 0 amide bonds. The molecule has 0 fully saturated rings. The molecule has 0 unspecified atom stereocenters. The molecule has 1 aromatic carbocycles. The zero-order valence-electron chi connectivity index (χ0n) is 10.1. The highest BCUT2D eigenvalue weighted by Gasteiger charge is 2.10. The van der Waals surface area contributed by atoms with Crippen molar-refractivity contribution in [3.63, 3.8) is 0 Å². The van der Waals surface area contributed by atoms with Crippen LogP contribution in [-0.4, -0.2) is 27.4 Å². The van der Waals surface area contributed by atoms with Crippen molar-refractivity contribution in [1.82, 2.24) is 15.0 Å². The molecule has 2 rings (SSSR count). The fraction of sp³-hybridized carbons (Fsp3) is 0.250. The molecule has 0 radical (unpaired) electrons. The van der Waals surface area contributed by atoms with Crippen molar-refractivity contribution in [2.75, 3.05) is 0 Å². The van der Waals surface area contributed by atoms with Gasteiger partial charge in [0.1, 0.15) is 5.75 Å². The zero-order chi connectivity index (χ0) is 13.8. The van der Waals surface area contributed by atoms with Crippen LogP contribution in [0.3, 0.4) is 0 Å². The number of aryl methyl sites for hydroxylation is 1. The van der Waals surface area contributed by atoms with E-state index in [2.05, 4.69) is 15.0 Å². The molecule has 1 heterocycles. The first-order chi connectivity index (χ1) is 9.04. The van der Waals surface area contributed by atoms with Crippen LogP contribution in [0.25, 0.3) is 0 Å². The summed E-state index contributed by atoms with van der Waals surface area (Å²) in [6.07, 6.45) is 1.76. The van der Waals surface area contributed by atoms with E-state index in [4.69, 9.17) is 0 Å². The van der Waals surface area contributed by atoms with E-state index in [0.717, 1.165) is 0 Å². The lowest BCUT2D eigenvalue weighted by Crippen LogP contribution is -2.05. The summed E-state index contributed by atoms with van der Waals surface area (Å²) in [5, 5.41) is 7.53. The molecule has 1 aromatic heterocycles. The molecule has 0 atom stereocenters. The van der Waals surface area contributed by atoms with Gasteiger partial charge in [0.05, 0.1) is 12.1 Å².